The molecular formula is C22H35NO2S. The van der Waals surface area contributed by atoms with E-state index in [-0.39, 0.29) is 16.7 Å². The Labute approximate surface area is 163 Å². The molecule has 1 saturated heterocycles. The van der Waals surface area contributed by atoms with Crippen molar-refractivity contribution in [3.63, 3.8) is 0 Å². The molecule has 0 radical (unpaired) electrons. The molecule has 2 rings (SSSR count). The van der Waals surface area contributed by atoms with Gasteiger partial charge in [-0.2, -0.15) is 11.8 Å². The van der Waals surface area contributed by atoms with E-state index in [1.54, 1.807) is 0 Å². The number of aryl methyl sites for hydroxylation is 1. The van der Waals surface area contributed by atoms with Gasteiger partial charge in [-0.25, -0.2) is 0 Å². The maximum absolute atomic E-state index is 12.6. The Kier molecular flexibility index (Phi) is 6.70. The number of phenolic OH excluding ortho intramolecular Hbond substituents is 1. The molecule has 26 heavy (non-hydrogen) atoms. The van der Waals surface area contributed by atoms with Gasteiger partial charge in [0, 0.05) is 25.3 Å². The van der Waals surface area contributed by atoms with Crippen molar-refractivity contribution in [1.82, 2.24) is 4.90 Å². The molecule has 0 aliphatic carbocycles. The molecule has 0 unspecified atom stereocenters. The third kappa shape index (κ3) is 5.42. The number of nitrogens with zero attached hydrogens (tertiary/aromatic N) is 1. The SMILES string of the molecule is CC(C)(C)c1cc(CCC(=O)N2CCCSCC2)cc(C(C)(C)C)c1O. The quantitative estimate of drug-likeness (QED) is 0.816. The zero-order valence-electron chi connectivity index (χ0n) is 17.3. The van der Waals surface area contributed by atoms with Crippen LogP contribution in [0.1, 0.15) is 71.1 Å². The summed E-state index contributed by atoms with van der Waals surface area (Å²) in [6.07, 6.45) is 2.37. The van der Waals surface area contributed by atoms with Crippen molar-refractivity contribution in [3.05, 3.63) is 28.8 Å². The molecule has 1 N–H and O–H groups in total. The van der Waals surface area contributed by atoms with Gasteiger partial charge in [-0.3, -0.25) is 4.79 Å². The van der Waals surface area contributed by atoms with E-state index in [4.69, 9.17) is 0 Å². The molecule has 1 heterocycles. The maximum atomic E-state index is 12.6. The summed E-state index contributed by atoms with van der Waals surface area (Å²) in [6.45, 7) is 14.5. The Morgan fingerprint density at radius 2 is 1.62 bits per heavy atom. The van der Waals surface area contributed by atoms with Crippen molar-refractivity contribution in [1.29, 1.82) is 0 Å². The summed E-state index contributed by atoms with van der Waals surface area (Å²) in [7, 11) is 0. The second-order valence-corrected chi connectivity index (χ2v) is 10.6. The minimum absolute atomic E-state index is 0.133. The van der Waals surface area contributed by atoms with Crippen molar-refractivity contribution in [3.8, 4) is 5.75 Å². The van der Waals surface area contributed by atoms with Gasteiger partial charge in [0.15, 0.2) is 0 Å². The average molecular weight is 378 g/mol. The Hall–Kier alpha value is -1.16. The summed E-state index contributed by atoms with van der Waals surface area (Å²) in [5.41, 5.74) is 2.82. The van der Waals surface area contributed by atoms with E-state index in [1.165, 1.54) is 0 Å². The molecule has 0 saturated carbocycles. The number of rotatable bonds is 3. The normalized spacial score (nSPS) is 16.5. The second-order valence-electron chi connectivity index (χ2n) is 9.39. The van der Waals surface area contributed by atoms with Gasteiger partial charge >= 0.3 is 0 Å². The molecule has 3 nitrogen and oxygen atoms in total. The zero-order valence-corrected chi connectivity index (χ0v) is 18.1. The van der Waals surface area contributed by atoms with Crippen molar-refractivity contribution >= 4 is 17.7 Å². The number of carbonyl (C=O) groups is 1. The van der Waals surface area contributed by atoms with Crippen LogP contribution in [-0.4, -0.2) is 40.5 Å². The molecule has 146 valence electrons. The average Bonchev–Trinajstić information content (AvgIpc) is 2.80. The second kappa shape index (κ2) is 8.24. The fraction of sp³-hybridized carbons (Fsp3) is 0.682. The maximum Gasteiger partial charge on any atom is 0.222 e. The first-order chi connectivity index (χ1) is 12.0. The molecule has 0 spiro atoms. The highest BCUT2D eigenvalue weighted by atomic mass is 32.2. The first-order valence-corrected chi connectivity index (χ1v) is 10.9. The van der Waals surface area contributed by atoms with E-state index in [9.17, 15) is 9.90 Å². The molecule has 1 aliphatic heterocycles. The van der Waals surface area contributed by atoms with E-state index in [2.05, 4.69) is 53.7 Å². The lowest BCUT2D eigenvalue weighted by atomic mass is 9.78. The summed E-state index contributed by atoms with van der Waals surface area (Å²) in [5, 5.41) is 10.8. The Morgan fingerprint density at radius 1 is 1.04 bits per heavy atom. The smallest absolute Gasteiger partial charge is 0.222 e. The fourth-order valence-electron chi connectivity index (χ4n) is 3.39. The van der Waals surface area contributed by atoms with Crippen LogP contribution in [-0.2, 0) is 22.0 Å². The van der Waals surface area contributed by atoms with E-state index >= 15 is 0 Å². The zero-order chi connectivity index (χ0) is 19.5. The Balaban J connectivity index is 2.21. The van der Waals surface area contributed by atoms with Crippen LogP contribution in [0.15, 0.2) is 12.1 Å². The molecule has 1 aliphatic rings. The van der Waals surface area contributed by atoms with Crippen molar-refractivity contribution < 1.29 is 9.90 Å². The van der Waals surface area contributed by atoms with Gasteiger partial charge in [-0.15, -0.1) is 0 Å². The minimum atomic E-state index is -0.133. The summed E-state index contributed by atoms with van der Waals surface area (Å²) in [6, 6.07) is 4.19. The van der Waals surface area contributed by atoms with E-state index in [0.717, 1.165) is 54.1 Å². The van der Waals surface area contributed by atoms with Gasteiger partial charge in [-0.05, 0) is 46.1 Å². The first kappa shape index (κ1) is 21.1. The standard InChI is InChI=1S/C22H35NO2S/c1-21(2,3)17-14-16(15-18(20(17)25)22(4,5)6)8-9-19(24)23-10-7-12-26-13-11-23/h14-15,25H,7-13H2,1-6H3. The molecule has 0 aromatic heterocycles. The molecule has 1 amide bonds. The third-order valence-electron chi connectivity index (χ3n) is 4.99. The molecule has 1 aromatic rings. The Morgan fingerprint density at radius 3 is 2.15 bits per heavy atom. The van der Waals surface area contributed by atoms with E-state index in [0.29, 0.717) is 12.2 Å². The lowest BCUT2D eigenvalue weighted by Crippen LogP contribution is -2.33. The fourth-order valence-corrected chi connectivity index (χ4v) is 4.27. The van der Waals surface area contributed by atoms with Crippen molar-refractivity contribution in [2.75, 3.05) is 24.6 Å². The van der Waals surface area contributed by atoms with Crippen LogP contribution < -0.4 is 0 Å². The van der Waals surface area contributed by atoms with Gasteiger partial charge in [0.05, 0.1) is 0 Å². The van der Waals surface area contributed by atoms with E-state index < -0.39 is 0 Å². The highest BCUT2D eigenvalue weighted by molar-refractivity contribution is 7.99. The predicted octanol–water partition coefficient (Wildman–Crippen LogP) is 4.89. The number of hydrogen-bond acceptors (Lipinski definition) is 3. The van der Waals surface area contributed by atoms with Crippen LogP contribution in [0.25, 0.3) is 0 Å². The van der Waals surface area contributed by atoms with Gasteiger partial charge in [0.2, 0.25) is 5.91 Å². The van der Waals surface area contributed by atoms with Gasteiger partial charge < -0.3 is 10.0 Å². The molecule has 4 heteroatoms. The number of aromatic hydroxyl groups is 1. The number of phenols is 1. The van der Waals surface area contributed by atoms with Crippen LogP contribution in [0.3, 0.4) is 0 Å². The summed E-state index contributed by atoms with van der Waals surface area (Å²) in [4.78, 5) is 14.6. The lowest BCUT2D eigenvalue weighted by Gasteiger charge is -2.28. The van der Waals surface area contributed by atoms with Crippen LogP contribution in [0.5, 0.6) is 5.75 Å². The predicted molar refractivity (Wildman–Crippen MR) is 112 cm³/mol. The van der Waals surface area contributed by atoms with Crippen LogP contribution in [0.2, 0.25) is 0 Å². The molecule has 1 fully saturated rings. The molecule has 0 atom stereocenters. The van der Waals surface area contributed by atoms with Crippen LogP contribution >= 0.6 is 11.8 Å². The third-order valence-corrected chi connectivity index (χ3v) is 6.04. The summed E-state index contributed by atoms with van der Waals surface area (Å²) >= 11 is 1.94. The van der Waals surface area contributed by atoms with Crippen molar-refractivity contribution in [2.45, 2.75) is 71.6 Å². The number of thioether (sulfide) groups is 1. The molecular weight excluding hydrogens is 342 g/mol. The number of amides is 1. The van der Waals surface area contributed by atoms with Crippen LogP contribution in [0.4, 0.5) is 0 Å². The van der Waals surface area contributed by atoms with E-state index in [1.807, 2.05) is 16.7 Å². The minimum Gasteiger partial charge on any atom is -0.507 e. The Bertz CT molecular complexity index is 598. The largest absolute Gasteiger partial charge is 0.507 e. The van der Waals surface area contributed by atoms with Gasteiger partial charge in [0.1, 0.15) is 5.75 Å². The number of carbonyl (C=O) groups excluding carboxylic acids is 1. The van der Waals surface area contributed by atoms with Gasteiger partial charge in [0.25, 0.3) is 0 Å². The lowest BCUT2D eigenvalue weighted by molar-refractivity contribution is -0.130. The van der Waals surface area contributed by atoms with Crippen LogP contribution in [0, 0.1) is 0 Å². The number of hydrogen-bond donors (Lipinski definition) is 1. The topological polar surface area (TPSA) is 40.5 Å². The summed E-state index contributed by atoms with van der Waals surface area (Å²) < 4.78 is 0. The summed E-state index contributed by atoms with van der Waals surface area (Å²) in [5.74, 6) is 2.87. The number of benzene rings is 1. The van der Waals surface area contributed by atoms with Gasteiger partial charge in [-0.1, -0.05) is 53.7 Å². The highest BCUT2D eigenvalue weighted by Crippen LogP contribution is 2.40. The van der Waals surface area contributed by atoms with Crippen molar-refractivity contribution in [2.24, 2.45) is 0 Å². The monoisotopic (exact) mass is 377 g/mol. The first-order valence-electron chi connectivity index (χ1n) is 9.72. The molecule has 0 bridgehead atoms. The highest BCUT2D eigenvalue weighted by Gasteiger charge is 2.26. The molecule has 1 aromatic carbocycles.